The van der Waals surface area contributed by atoms with E-state index in [-0.39, 0.29) is 81.1 Å². The first-order valence-corrected chi connectivity index (χ1v) is 26.7. The number of carboxylic acids is 1. The summed E-state index contributed by atoms with van der Waals surface area (Å²) < 4.78 is 0. The van der Waals surface area contributed by atoms with Crippen LogP contribution in [-0.4, -0.2) is 206 Å². The number of hydrogen-bond acceptors (Lipinski definition) is 18. The summed E-state index contributed by atoms with van der Waals surface area (Å²) in [5, 5.41) is 26.5. The van der Waals surface area contributed by atoms with Crippen molar-refractivity contribution in [2.24, 2.45) is 50.1 Å². The number of rotatable bonds is 30. The summed E-state index contributed by atoms with van der Waals surface area (Å²) in [6.07, 6.45) is 5.59. The first-order chi connectivity index (χ1) is 37.9. The Labute approximate surface area is 470 Å². The third-order valence-corrected chi connectivity index (χ3v) is 13.3. The number of amides is 11. The van der Waals surface area contributed by atoms with Crippen molar-refractivity contribution < 1.29 is 62.6 Å². The number of carbonyl (C=O) groups excluding carboxylic acids is 11. The summed E-state index contributed by atoms with van der Waals surface area (Å²) in [5.41, 5.74) is 38.1. The fraction of sp³-hybridized carbons (Fsp3) is 0.622. The van der Waals surface area contributed by atoms with Crippen LogP contribution in [0.25, 0.3) is 0 Å². The molecule has 3 aliphatic heterocycles. The number of likely N-dealkylation sites (tertiary alicyclic amines) is 2. The van der Waals surface area contributed by atoms with E-state index in [0.717, 1.165) is 0 Å². The van der Waals surface area contributed by atoms with Gasteiger partial charge in [0.15, 0.2) is 11.9 Å². The molecule has 4 heterocycles. The van der Waals surface area contributed by atoms with E-state index in [2.05, 4.69) is 82.4 Å². The number of nitrogens with two attached hydrogens (primary N) is 7. The van der Waals surface area contributed by atoms with Gasteiger partial charge in [0.25, 0.3) is 0 Å². The zero-order chi connectivity index (χ0) is 59.6. The summed E-state index contributed by atoms with van der Waals surface area (Å²) in [7, 11) is 0. The molecule has 444 valence electrons. The molecule has 0 aliphatic carbocycles. The molecular formula is C45H74N20O13S2. The third kappa shape index (κ3) is 22.1. The maximum atomic E-state index is 13.5. The molecule has 23 N–H and O–H groups in total. The second-order valence-electron chi connectivity index (χ2n) is 18.7. The SMILES string of the molecule is NC(=O)CNC(=O)[C@H](CCCN=C(N)N)NC(=O)[C@@H]1CCCN1C(=O)[C@H](CS)NC(=O)[C@H](CC(N)=O)NC(=O)[C@@H]1CCC(=O)N1.NC(N)=NCCC[C@H](N)C(=O)N[C@@H](Cc1cnc[nH]1)C(=O)N1CCC[C@H]1C(=O)N[C@@H](CS)C(=O)O. The number of aromatic amines is 1. The smallest absolute Gasteiger partial charge is 0.327 e. The van der Waals surface area contributed by atoms with E-state index < -0.39 is 132 Å². The van der Waals surface area contributed by atoms with Gasteiger partial charge in [0.05, 0.1) is 25.3 Å². The standard InChI is InChI=1S/C25H41N11O8S.C20H33N9O5S/c26-17(37)9-14(34-21(41)13-5-6-19(39)32-13)22(42)35-15(11-45)24(44)36-8-2-4-16(36)23(43)33-12(3-1-7-30-25(28)29)20(40)31-10-18(27)38;21-12(3-1-5-25-20(22)23)16(30)27-13(7-11-8-24-10-26-11)18(32)29-6-2-4-15(29)17(31)28-14(9-35)19(33)34/h12-16,45H,1-11H2,(H2,26,37)(H2,27,38)(H,31,40)(H,32,39)(H,33,43)(H,34,41)(H,35,42)(H4,28,29,30);8,10,12-15,35H,1-7,9,21H2,(H,24,26)(H,27,30)(H,28,31)(H,33,34)(H4,22,23,25)/t12-,13-,14-,15-,16-;12-,13-,14-,15-/m00/s1. The van der Waals surface area contributed by atoms with E-state index in [1.807, 2.05) is 0 Å². The van der Waals surface area contributed by atoms with Crippen molar-refractivity contribution in [3.8, 4) is 0 Å². The number of aliphatic carboxylic acids is 1. The lowest BCUT2D eigenvalue weighted by atomic mass is 10.1. The summed E-state index contributed by atoms with van der Waals surface area (Å²) in [6.45, 7) is 0.469. The maximum Gasteiger partial charge on any atom is 0.327 e. The highest BCUT2D eigenvalue weighted by molar-refractivity contribution is 7.80. The number of aliphatic imine (C=N–C) groups is 2. The van der Waals surface area contributed by atoms with Gasteiger partial charge in [-0.15, -0.1) is 0 Å². The van der Waals surface area contributed by atoms with Gasteiger partial charge in [-0.05, 0) is 57.8 Å². The van der Waals surface area contributed by atoms with E-state index in [1.165, 1.54) is 22.3 Å². The predicted octanol–water partition coefficient (Wildman–Crippen LogP) is -8.52. The van der Waals surface area contributed by atoms with Crippen molar-refractivity contribution in [2.75, 3.05) is 44.2 Å². The van der Waals surface area contributed by atoms with E-state index in [1.54, 1.807) is 0 Å². The normalized spacial score (nSPS) is 18.6. The summed E-state index contributed by atoms with van der Waals surface area (Å²) in [4.78, 5) is 167. The van der Waals surface area contributed by atoms with Gasteiger partial charge in [0.1, 0.15) is 48.3 Å². The molecule has 0 saturated carbocycles. The topological polar surface area (TPSA) is 551 Å². The number of nitrogens with zero attached hydrogens (tertiary/aromatic N) is 5. The Morgan fingerprint density at radius 3 is 1.70 bits per heavy atom. The molecule has 4 rings (SSSR count). The van der Waals surface area contributed by atoms with Crippen LogP contribution in [0.4, 0.5) is 0 Å². The van der Waals surface area contributed by atoms with Gasteiger partial charge in [-0.2, -0.15) is 25.3 Å². The van der Waals surface area contributed by atoms with Gasteiger partial charge >= 0.3 is 5.97 Å². The van der Waals surface area contributed by atoms with Crippen LogP contribution in [0.1, 0.15) is 76.3 Å². The molecule has 0 unspecified atom stereocenters. The van der Waals surface area contributed by atoms with Crippen LogP contribution in [0.2, 0.25) is 0 Å². The molecule has 3 aliphatic rings. The Kier molecular flexibility index (Phi) is 27.8. The summed E-state index contributed by atoms with van der Waals surface area (Å²) in [6, 6.07) is -9.66. The van der Waals surface area contributed by atoms with E-state index in [9.17, 15) is 62.6 Å². The first kappa shape index (κ1) is 66.3. The van der Waals surface area contributed by atoms with Gasteiger partial charge in [-0.25, -0.2) is 9.78 Å². The van der Waals surface area contributed by atoms with Gasteiger partial charge in [0, 0.05) is 62.4 Å². The Hall–Kier alpha value is -7.95. The van der Waals surface area contributed by atoms with Gasteiger partial charge < -0.3 is 97.2 Å². The number of carbonyl (C=O) groups is 12. The molecule has 35 heteroatoms. The number of nitrogens with one attached hydrogen (secondary N) is 8. The van der Waals surface area contributed by atoms with Crippen molar-refractivity contribution in [1.82, 2.24) is 57.0 Å². The zero-order valence-corrected chi connectivity index (χ0v) is 45.6. The van der Waals surface area contributed by atoms with E-state index in [4.69, 9.17) is 40.1 Å². The Bertz CT molecular complexity index is 2430. The average molecular weight is 1170 g/mol. The summed E-state index contributed by atoms with van der Waals surface area (Å²) in [5.74, 6) is -8.91. The van der Waals surface area contributed by atoms with E-state index >= 15 is 0 Å². The molecule has 0 aromatic carbocycles. The van der Waals surface area contributed by atoms with Crippen molar-refractivity contribution in [3.63, 3.8) is 0 Å². The van der Waals surface area contributed by atoms with E-state index in [0.29, 0.717) is 50.8 Å². The lowest BCUT2D eigenvalue weighted by Crippen LogP contribution is -2.59. The van der Waals surface area contributed by atoms with Crippen LogP contribution in [0.5, 0.6) is 0 Å². The fourth-order valence-corrected chi connectivity index (χ4v) is 8.99. The molecule has 0 bridgehead atoms. The van der Waals surface area contributed by atoms with Crippen LogP contribution < -0.4 is 77.4 Å². The third-order valence-electron chi connectivity index (χ3n) is 12.5. The number of thiol groups is 2. The van der Waals surface area contributed by atoms with Gasteiger partial charge in [-0.3, -0.25) is 62.7 Å². The minimum atomic E-state index is -1.45. The average Bonchev–Trinajstić information content (AvgIpc) is 4.27. The second kappa shape index (κ2) is 33.5. The van der Waals surface area contributed by atoms with Gasteiger partial charge in [-0.1, -0.05) is 0 Å². The van der Waals surface area contributed by atoms with Crippen LogP contribution in [0.15, 0.2) is 22.5 Å². The molecule has 1 aromatic rings. The molecule has 0 radical (unpaired) electrons. The molecule has 11 amide bonds. The lowest BCUT2D eigenvalue weighted by Gasteiger charge is -2.30. The largest absolute Gasteiger partial charge is 0.480 e. The molecule has 9 atom stereocenters. The highest BCUT2D eigenvalue weighted by Gasteiger charge is 2.41. The van der Waals surface area contributed by atoms with Crippen molar-refractivity contribution >= 4 is 108 Å². The Morgan fingerprint density at radius 2 is 1.21 bits per heavy atom. The van der Waals surface area contributed by atoms with Crippen molar-refractivity contribution in [2.45, 2.75) is 131 Å². The minimum absolute atomic E-state index is 0.0542. The molecule has 3 fully saturated rings. The molecule has 33 nitrogen and oxygen atoms in total. The summed E-state index contributed by atoms with van der Waals surface area (Å²) >= 11 is 8.12. The number of primary amides is 2. The molecule has 3 saturated heterocycles. The minimum Gasteiger partial charge on any atom is -0.480 e. The highest BCUT2D eigenvalue weighted by atomic mass is 32.1. The number of imidazole rings is 1. The monoisotopic (exact) mass is 1170 g/mol. The maximum absolute atomic E-state index is 13.5. The molecule has 0 spiro atoms. The quantitative estimate of drug-likeness (QED) is 0.0147. The number of guanidine groups is 2. The predicted molar refractivity (Wildman–Crippen MR) is 292 cm³/mol. The van der Waals surface area contributed by atoms with Crippen LogP contribution in [0.3, 0.4) is 0 Å². The van der Waals surface area contributed by atoms with Crippen molar-refractivity contribution in [3.05, 3.63) is 18.2 Å². The van der Waals surface area contributed by atoms with Crippen LogP contribution >= 0.6 is 25.3 Å². The highest BCUT2D eigenvalue weighted by Crippen LogP contribution is 2.22. The fourth-order valence-electron chi connectivity index (χ4n) is 8.49. The first-order valence-electron chi connectivity index (χ1n) is 25.4. The van der Waals surface area contributed by atoms with Crippen LogP contribution in [-0.2, 0) is 64.0 Å². The number of carboxylic acid groups (broad SMARTS) is 1. The second-order valence-corrected chi connectivity index (χ2v) is 19.4. The number of H-pyrrole nitrogens is 1. The number of hydrogen-bond donors (Lipinski definition) is 18. The molecule has 80 heavy (non-hydrogen) atoms. The zero-order valence-electron chi connectivity index (χ0n) is 43.8. The Balaban J connectivity index is 0.000000433. The Morgan fingerprint density at radius 1 is 0.675 bits per heavy atom. The molecule has 1 aromatic heterocycles. The molecular weight excluding hydrogens is 1090 g/mol. The van der Waals surface area contributed by atoms with Crippen LogP contribution in [0, 0.1) is 0 Å². The lowest BCUT2D eigenvalue weighted by molar-refractivity contribution is -0.144. The van der Waals surface area contributed by atoms with Gasteiger partial charge in [0.2, 0.25) is 65.0 Å². The van der Waals surface area contributed by atoms with Crippen molar-refractivity contribution in [1.29, 1.82) is 0 Å². The number of aromatic nitrogens is 2.